The summed E-state index contributed by atoms with van der Waals surface area (Å²) in [6, 6.07) is 16.1. The molecule has 1 aliphatic heterocycles. The lowest BCUT2D eigenvalue weighted by Gasteiger charge is -2.43. The third kappa shape index (κ3) is 3.38. The smallest absolute Gasteiger partial charge is 0.293 e. The van der Waals surface area contributed by atoms with Crippen LogP contribution in [0.2, 0.25) is 0 Å². The van der Waals surface area contributed by atoms with E-state index in [0.29, 0.717) is 34.5 Å². The molecular weight excluding hydrogens is 364 g/mol. The molecule has 2 aromatic carbocycles. The van der Waals surface area contributed by atoms with E-state index in [1.165, 1.54) is 24.8 Å². The molecule has 2 fully saturated rings. The van der Waals surface area contributed by atoms with E-state index in [1.54, 1.807) is 18.2 Å². The molecule has 1 spiro atoms. The molecule has 1 aromatic heterocycles. The van der Waals surface area contributed by atoms with E-state index in [1.807, 2.05) is 0 Å². The van der Waals surface area contributed by atoms with Crippen molar-refractivity contribution in [3.63, 3.8) is 0 Å². The number of benzene rings is 2. The average molecular weight is 390 g/mol. The van der Waals surface area contributed by atoms with Gasteiger partial charge in [0.15, 0.2) is 5.58 Å². The first kappa shape index (κ1) is 18.2. The lowest BCUT2D eigenvalue weighted by Crippen LogP contribution is -2.43. The molecule has 1 saturated carbocycles. The Morgan fingerprint density at radius 1 is 1.21 bits per heavy atom. The van der Waals surface area contributed by atoms with E-state index in [0.717, 1.165) is 19.6 Å². The number of nitrogens with two attached hydrogens (primary N) is 1. The van der Waals surface area contributed by atoms with Crippen LogP contribution in [0.4, 0.5) is 6.01 Å². The predicted octanol–water partition coefficient (Wildman–Crippen LogP) is 3.44. The summed E-state index contributed by atoms with van der Waals surface area (Å²) in [6.45, 7) is 3.81. The maximum atomic E-state index is 12.9. The van der Waals surface area contributed by atoms with E-state index in [-0.39, 0.29) is 11.9 Å². The molecule has 6 heteroatoms. The van der Waals surface area contributed by atoms with Crippen molar-refractivity contribution in [3.8, 4) is 0 Å². The number of likely N-dealkylation sites (tertiary alicyclic amines) is 1. The van der Waals surface area contributed by atoms with Gasteiger partial charge in [0.05, 0.1) is 5.56 Å². The van der Waals surface area contributed by atoms with Crippen LogP contribution < -0.4 is 11.1 Å². The number of oxazole rings is 1. The second-order valence-corrected chi connectivity index (χ2v) is 8.48. The van der Waals surface area contributed by atoms with Gasteiger partial charge >= 0.3 is 0 Å². The van der Waals surface area contributed by atoms with E-state index >= 15 is 0 Å². The second-order valence-electron chi connectivity index (χ2n) is 8.48. The van der Waals surface area contributed by atoms with Crippen molar-refractivity contribution in [2.24, 2.45) is 11.3 Å². The molecule has 29 heavy (non-hydrogen) atoms. The van der Waals surface area contributed by atoms with Crippen molar-refractivity contribution in [1.82, 2.24) is 15.2 Å². The van der Waals surface area contributed by atoms with Gasteiger partial charge in [-0.15, -0.1) is 0 Å². The van der Waals surface area contributed by atoms with Crippen LogP contribution in [0, 0.1) is 11.3 Å². The van der Waals surface area contributed by atoms with Gasteiger partial charge in [-0.25, -0.2) is 0 Å². The molecule has 150 valence electrons. The SMILES string of the molecule is Nc1nc2c(C(=O)NCC3CN(Cc4ccccc4)CC34CCC4)cccc2o1. The van der Waals surface area contributed by atoms with Crippen LogP contribution in [0.5, 0.6) is 0 Å². The summed E-state index contributed by atoms with van der Waals surface area (Å²) >= 11 is 0. The number of nitrogens with zero attached hydrogens (tertiary/aromatic N) is 2. The Balaban J connectivity index is 1.27. The molecule has 0 bridgehead atoms. The Bertz CT molecular complexity index is 1030. The standard InChI is InChI=1S/C23H26N4O2/c24-22-26-20-18(8-4-9-19(20)29-22)21(28)25-12-17-14-27(15-23(17)10-5-11-23)13-16-6-2-1-3-7-16/h1-4,6-9,17H,5,10-15H2,(H2,24,26)(H,25,28). The molecule has 2 aliphatic rings. The lowest BCUT2D eigenvalue weighted by atomic mass is 9.63. The Morgan fingerprint density at radius 2 is 2.03 bits per heavy atom. The van der Waals surface area contributed by atoms with Gasteiger partial charge < -0.3 is 15.5 Å². The van der Waals surface area contributed by atoms with Gasteiger partial charge in [0.25, 0.3) is 11.9 Å². The first-order valence-corrected chi connectivity index (χ1v) is 10.3. The highest BCUT2D eigenvalue weighted by molar-refractivity contribution is 6.04. The fourth-order valence-corrected chi connectivity index (χ4v) is 5.04. The summed E-state index contributed by atoms with van der Waals surface area (Å²) in [6.07, 6.45) is 3.81. The van der Waals surface area contributed by atoms with Crippen LogP contribution in [-0.4, -0.2) is 35.4 Å². The number of carbonyl (C=O) groups excluding carboxylic acids is 1. The zero-order valence-electron chi connectivity index (χ0n) is 16.4. The first-order chi connectivity index (χ1) is 14.1. The fraction of sp³-hybridized carbons (Fsp3) is 0.391. The number of nitrogens with one attached hydrogen (secondary N) is 1. The van der Waals surface area contributed by atoms with Crippen molar-refractivity contribution < 1.29 is 9.21 Å². The maximum absolute atomic E-state index is 12.9. The third-order valence-electron chi connectivity index (χ3n) is 6.67. The van der Waals surface area contributed by atoms with Gasteiger partial charge in [-0.1, -0.05) is 42.8 Å². The van der Waals surface area contributed by atoms with E-state index in [2.05, 4.69) is 45.5 Å². The molecule has 1 saturated heterocycles. The lowest BCUT2D eigenvalue weighted by molar-refractivity contribution is 0.0804. The van der Waals surface area contributed by atoms with Gasteiger partial charge in [0.1, 0.15) is 5.52 Å². The first-order valence-electron chi connectivity index (χ1n) is 10.3. The predicted molar refractivity (Wildman–Crippen MR) is 112 cm³/mol. The molecule has 2 heterocycles. The summed E-state index contributed by atoms with van der Waals surface area (Å²) in [5.41, 5.74) is 8.95. The summed E-state index contributed by atoms with van der Waals surface area (Å²) in [5, 5.41) is 3.16. The minimum absolute atomic E-state index is 0.0843. The Morgan fingerprint density at radius 3 is 2.79 bits per heavy atom. The normalized spacial score (nSPS) is 20.8. The van der Waals surface area contributed by atoms with E-state index in [4.69, 9.17) is 10.2 Å². The van der Waals surface area contributed by atoms with Crippen LogP contribution in [-0.2, 0) is 6.54 Å². The van der Waals surface area contributed by atoms with Crippen LogP contribution in [0.1, 0.15) is 35.2 Å². The van der Waals surface area contributed by atoms with E-state index < -0.39 is 0 Å². The number of carbonyl (C=O) groups is 1. The minimum Gasteiger partial charge on any atom is -0.424 e. The second kappa shape index (κ2) is 7.19. The molecule has 1 unspecified atom stereocenters. The van der Waals surface area contributed by atoms with Crippen LogP contribution in [0.15, 0.2) is 52.9 Å². The number of hydrogen-bond acceptors (Lipinski definition) is 5. The number of hydrogen-bond donors (Lipinski definition) is 2. The van der Waals surface area contributed by atoms with Crippen LogP contribution >= 0.6 is 0 Å². The molecule has 0 radical (unpaired) electrons. The van der Waals surface area contributed by atoms with Crippen molar-refractivity contribution in [2.75, 3.05) is 25.4 Å². The summed E-state index contributed by atoms with van der Waals surface area (Å²) in [7, 11) is 0. The Kier molecular flexibility index (Phi) is 4.51. The highest BCUT2D eigenvalue weighted by Gasteiger charge is 2.49. The summed E-state index contributed by atoms with van der Waals surface area (Å²) < 4.78 is 5.35. The number of para-hydroxylation sites is 1. The van der Waals surface area contributed by atoms with Crippen LogP contribution in [0.25, 0.3) is 11.1 Å². The zero-order chi connectivity index (χ0) is 19.8. The molecule has 6 nitrogen and oxygen atoms in total. The zero-order valence-corrected chi connectivity index (χ0v) is 16.4. The molecule has 1 aliphatic carbocycles. The van der Waals surface area contributed by atoms with Gasteiger partial charge in [0, 0.05) is 26.2 Å². The fourth-order valence-electron chi connectivity index (χ4n) is 5.04. The third-order valence-corrected chi connectivity index (χ3v) is 6.67. The van der Waals surface area contributed by atoms with Crippen molar-refractivity contribution in [2.45, 2.75) is 25.8 Å². The Hall–Kier alpha value is -2.86. The minimum atomic E-state index is -0.111. The number of fused-ring (bicyclic) bond motifs is 1. The number of anilines is 1. The van der Waals surface area contributed by atoms with Gasteiger partial charge in [0.2, 0.25) is 0 Å². The highest BCUT2D eigenvalue weighted by atomic mass is 16.4. The molecule has 1 amide bonds. The highest BCUT2D eigenvalue weighted by Crippen LogP contribution is 2.51. The Labute approximate surface area is 170 Å². The molecule has 3 N–H and O–H groups in total. The van der Waals surface area contributed by atoms with Gasteiger partial charge in [-0.3, -0.25) is 9.69 Å². The number of aromatic nitrogens is 1. The topological polar surface area (TPSA) is 84.4 Å². The van der Waals surface area contributed by atoms with Crippen molar-refractivity contribution >= 4 is 23.0 Å². The molecule has 1 atom stereocenters. The maximum Gasteiger partial charge on any atom is 0.293 e. The van der Waals surface area contributed by atoms with E-state index in [9.17, 15) is 4.79 Å². The van der Waals surface area contributed by atoms with Crippen LogP contribution in [0.3, 0.4) is 0 Å². The number of nitrogen functional groups attached to an aromatic ring is 1. The largest absolute Gasteiger partial charge is 0.424 e. The molecular formula is C23H26N4O2. The summed E-state index contributed by atoms with van der Waals surface area (Å²) in [5.74, 6) is 0.366. The number of rotatable bonds is 5. The van der Waals surface area contributed by atoms with Crippen molar-refractivity contribution in [3.05, 3.63) is 59.7 Å². The van der Waals surface area contributed by atoms with Gasteiger partial charge in [-0.05, 0) is 41.9 Å². The molecule has 3 aromatic rings. The van der Waals surface area contributed by atoms with Crippen molar-refractivity contribution in [1.29, 1.82) is 0 Å². The monoisotopic (exact) mass is 390 g/mol. The number of amides is 1. The molecule has 5 rings (SSSR count). The quantitative estimate of drug-likeness (QED) is 0.697. The average Bonchev–Trinajstić information content (AvgIpc) is 3.26. The summed E-state index contributed by atoms with van der Waals surface area (Å²) in [4.78, 5) is 19.6. The van der Waals surface area contributed by atoms with Gasteiger partial charge in [-0.2, -0.15) is 4.98 Å².